The average Bonchev–Trinajstić information content (AvgIpc) is 3.00. The van der Waals surface area contributed by atoms with Gasteiger partial charge in [-0.05, 0) is 70.4 Å². The van der Waals surface area contributed by atoms with Gasteiger partial charge in [-0.15, -0.1) is 0 Å². The molecular formula is C31H22BrF3N4O5. The minimum atomic E-state index is -4.59. The van der Waals surface area contributed by atoms with Gasteiger partial charge in [-0.25, -0.2) is 4.98 Å². The van der Waals surface area contributed by atoms with E-state index in [2.05, 4.69) is 26.0 Å². The minimum Gasteiger partial charge on any atom is -0.490 e. The van der Waals surface area contributed by atoms with Gasteiger partial charge in [0.15, 0.2) is 17.3 Å². The molecule has 0 aliphatic carbocycles. The second kappa shape index (κ2) is 12.7. The van der Waals surface area contributed by atoms with Crippen LogP contribution in [0, 0.1) is 10.1 Å². The molecule has 0 saturated heterocycles. The summed E-state index contributed by atoms with van der Waals surface area (Å²) in [6.45, 7) is 2.08. The molecule has 0 fully saturated rings. The zero-order chi connectivity index (χ0) is 31.4. The third-order valence-corrected chi connectivity index (χ3v) is 6.95. The fourth-order valence-corrected chi connectivity index (χ4v) is 4.93. The minimum absolute atomic E-state index is 0.0201. The summed E-state index contributed by atoms with van der Waals surface area (Å²) in [5.74, 6) is 0.595. The largest absolute Gasteiger partial charge is 0.490 e. The topological polar surface area (TPSA) is 109 Å². The Morgan fingerprint density at radius 1 is 1.02 bits per heavy atom. The predicted octanol–water partition coefficient (Wildman–Crippen LogP) is 7.61. The third kappa shape index (κ3) is 6.62. The molecule has 0 aliphatic heterocycles. The van der Waals surface area contributed by atoms with Gasteiger partial charge in [-0.2, -0.15) is 22.9 Å². The van der Waals surface area contributed by atoms with Gasteiger partial charge in [0.2, 0.25) is 0 Å². The van der Waals surface area contributed by atoms with Gasteiger partial charge in [0, 0.05) is 17.7 Å². The molecule has 0 radical (unpaired) electrons. The lowest BCUT2D eigenvalue weighted by Crippen LogP contribution is -2.20. The quantitative estimate of drug-likeness (QED) is 0.0910. The zero-order valence-electron chi connectivity index (χ0n) is 22.9. The summed E-state index contributed by atoms with van der Waals surface area (Å²) in [5, 5.41) is 15.7. The molecule has 0 aliphatic rings. The number of aromatic nitrogens is 2. The molecule has 5 rings (SSSR count). The Kier molecular flexibility index (Phi) is 8.76. The molecule has 0 spiro atoms. The number of non-ortho nitro benzene ring substituents is 1. The van der Waals surface area contributed by atoms with Crippen LogP contribution in [0.2, 0.25) is 0 Å². The SMILES string of the molecule is CCOc1cc(C=Nn2c(-c3cccc(C(F)(F)F)c3)nc3ccccc3c2=O)cc(Br)c1OCc1cccc([N+](=O)[O-])c1. The lowest BCUT2D eigenvalue weighted by Gasteiger charge is -2.15. The van der Waals surface area contributed by atoms with E-state index in [9.17, 15) is 28.1 Å². The van der Waals surface area contributed by atoms with E-state index in [0.717, 1.165) is 16.8 Å². The summed E-state index contributed by atoms with van der Waals surface area (Å²) >= 11 is 3.47. The molecule has 1 heterocycles. The van der Waals surface area contributed by atoms with Crippen LogP contribution in [-0.2, 0) is 12.8 Å². The van der Waals surface area contributed by atoms with Crippen molar-refractivity contribution in [3.05, 3.63) is 127 Å². The first-order chi connectivity index (χ1) is 21.0. The first-order valence-electron chi connectivity index (χ1n) is 13.1. The first-order valence-corrected chi connectivity index (χ1v) is 13.9. The maximum Gasteiger partial charge on any atom is 0.416 e. The van der Waals surface area contributed by atoms with Crippen LogP contribution >= 0.6 is 15.9 Å². The standard InChI is InChI=1S/C31H22BrF3N4O5/c1-2-43-27-15-20(14-25(32)28(27)44-18-19-7-5-10-23(13-19)39(41)42)17-36-38-29(21-8-6-9-22(16-21)31(33,34)35)37-26-12-4-3-11-24(26)30(38)40/h3-17H,2,18H2,1H3. The third-order valence-electron chi connectivity index (χ3n) is 6.36. The Bertz CT molecular complexity index is 1960. The Labute approximate surface area is 256 Å². The second-order valence-electron chi connectivity index (χ2n) is 9.37. The van der Waals surface area contributed by atoms with Crippen LogP contribution < -0.4 is 15.0 Å². The Morgan fingerprint density at radius 3 is 2.55 bits per heavy atom. The van der Waals surface area contributed by atoms with Crippen molar-refractivity contribution in [1.29, 1.82) is 0 Å². The summed E-state index contributed by atoms with van der Waals surface area (Å²) in [7, 11) is 0. The van der Waals surface area contributed by atoms with Crippen LogP contribution in [0.15, 0.2) is 99.3 Å². The number of fused-ring (bicyclic) bond motifs is 1. The maximum atomic E-state index is 13.5. The molecule has 1 aromatic heterocycles. The number of hydrogen-bond acceptors (Lipinski definition) is 7. The number of ether oxygens (including phenoxy) is 2. The predicted molar refractivity (Wildman–Crippen MR) is 162 cm³/mol. The molecule has 224 valence electrons. The van der Waals surface area contributed by atoms with Gasteiger partial charge in [0.1, 0.15) is 6.61 Å². The highest BCUT2D eigenvalue weighted by Gasteiger charge is 2.31. The van der Waals surface area contributed by atoms with E-state index in [1.807, 2.05) is 0 Å². The Balaban J connectivity index is 1.54. The number of rotatable bonds is 9. The number of hydrogen-bond donors (Lipinski definition) is 0. The van der Waals surface area contributed by atoms with Gasteiger partial charge in [0.05, 0.1) is 38.7 Å². The van der Waals surface area contributed by atoms with E-state index in [4.69, 9.17) is 9.47 Å². The number of benzene rings is 4. The summed E-state index contributed by atoms with van der Waals surface area (Å²) in [5.41, 5.74) is -0.115. The number of nitrogens with zero attached hydrogens (tertiary/aromatic N) is 4. The molecule has 44 heavy (non-hydrogen) atoms. The molecule has 0 N–H and O–H groups in total. The first kappa shape index (κ1) is 30.4. The molecule has 4 aromatic carbocycles. The maximum absolute atomic E-state index is 13.5. The Hall–Kier alpha value is -5.04. The van der Waals surface area contributed by atoms with Gasteiger partial charge in [-0.1, -0.05) is 36.4 Å². The lowest BCUT2D eigenvalue weighted by molar-refractivity contribution is -0.384. The highest BCUT2D eigenvalue weighted by Crippen LogP contribution is 2.37. The van der Waals surface area contributed by atoms with Crippen molar-refractivity contribution in [2.45, 2.75) is 19.7 Å². The average molecular weight is 667 g/mol. The summed E-state index contributed by atoms with van der Waals surface area (Å²) in [4.78, 5) is 28.6. The fraction of sp³-hybridized carbons (Fsp3) is 0.129. The molecule has 0 atom stereocenters. The zero-order valence-corrected chi connectivity index (χ0v) is 24.5. The van der Waals surface area contributed by atoms with E-state index in [0.29, 0.717) is 32.6 Å². The number of halogens is 4. The summed E-state index contributed by atoms with van der Waals surface area (Å²) < 4.78 is 53.6. The van der Waals surface area contributed by atoms with Gasteiger partial charge in [0.25, 0.3) is 11.2 Å². The van der Waals surface area contributed by atoms with Crippen LogP contribution in [0.5, 0.6) is 11.5 Å². The number of para-hydroxylation sites is 1. The highest BCUT2D eigenvalue weighted by atomic mass is 79.9. The van der Waals surface area contributed by atoms with Crippen molar-refractivity contribution in [1.82, 2.24) is 9.66 Å². The van der Waals surface area contributed by atoms with Crippen molar-refractivity contribution >= 4 is 38.7 Å². The van der Waals surface area contributed by atoms with Crippen LogP contribution in [0.3, 0.4) is 0 Å². The smallest absolute Gasteiger partial charge is 0.416 e. The Morgan fingerprint density at radius 2 is 1.80 bits per heavy atom. The van der Waals surface area contributed by atoms with Crippen LogP contribution in [0.1, 0.15) is 23.6 Å². The van der Waals surface area contributed by atoms with E-state index in [-0.39, 0.29) is 35.7 Å². The normalized spacial score (nSPS) is 11.7. The highest BCUT2D eigenvalue weighted by molar-refractivity contribution is 9.10. The van der Waals surface area contributed by atoms with Gasteiger partial charge >= 0.3 is 6.18 Å². The van der Waals surface area contributed by atoms with E-state index in [1.54, 1.807) is 55.5 Å². The number of nitro groups is 1. The molecule has 0 bridgehead atoms. The molecule has 0 saturated carbocycles. The molecule has 9 nitrogen and oxygen atoms in total. The van der Waals surface area contributed by atoms with Crippen LogP contribution in [0.4, 0.5) is 18.9 Å². The monoisotopic (exact) mass is 666 g/mol. The molecule has 0 amide bonds. The number of alkyl halides is 3. The van der Waals surface area contributed by atoms with Crippen molar-refractivity contribution < 1.29 is 27.6 Å². The lowest BCUT2D eigenvalue weighted by atomic mass is 10.1. The molecule has 5 aromatic rings. The summed E-state index contributed by atoms with van der Waals surface area (Å²) in [6.07, 6.45) is -3.24. The van der Waals surface area contributed by atoms with Crippen molar-refractivity contribution in [3.63, 3.8) is 0 Å². The second-order valence-corrected chi connectivity index (χ2v) is 10.2. The molecule has 0 unspecified atom stereocenters. The van der Waals surface area contributed by atoms with Crippen LogP contribution in [0.25, 0.3) is 22.3 Å². The van der Waals surface area contributed by atoms with Gasteiger partial charge in [-0.3, -0.25) is 14.9 Å². The van der Waals surface area contributed by atoms with E-state index in [1.165, 1.54) is 30.5 Å². The van der Waals surface area contributed by atoms with Crippen LogP contribution in [-0.4, -0.2) is 27.4 Å². The molecular weight excluding hydrogens is 645 g/mol. The summed E-state index contributed by atoms with van der Waals surface area (Å²) in [6, 6.07) is 20.3. The van der Waals surface area contributed by atoms with Crippen molar-refractivity contribution in [2.75, 3.05) is 6.61 Å². The van der Waals surface area contributed by atoms with Crippen molar-refractivity contribution in [2.24, 2.45) is 5.10 Å². The fourth-order valence-electron chi connectivity index (χ4n) is 4.36. The number of nitro benzene ring substituents is 1. The van der Waals surface area contributed by atoms with E-state index >= 15 is 0 Å². The van der Waals surface area contributed by atoms with E-state index < -0.39 is 22.2 Å². The van der Waals surface area contributed by atoms with Crippen molar-refractivity contribution in [3.8, 4) is 22.9 Å². The molecule has 13 heteroatoms. The van der Waals surface area contributed by atoms with Gasteiger partial charge < -0.3 is 9.47 Å².